The highest BCUT2D eigenvalue weighted by Gasteiger charge is 2.39. The van der Waals surface area contributed by atoms with Gasteiger partial charge in [-0.05, 0) is 45.4 Å². The summed E-state index contributed by atoms with van der Waals surface area (Å²) in [7, 11) is 0. The summed E-state index contributed by atoms with van der Waals surface area (Å²) in [5.41, 5.74) is 3.91. The van der Waals surface area contributed by atoms with Crippen molar-refractivity contribution in [2.24, 2.45) is 5.92 Å². The third-order valence-corrected chi connectivity index (χ3v) is 6.11. The zero-order valence-electron chi connectivity index (χ0n) is 16.4. The van der Waals surface area contributed by atoms with E-state index in [9.17, 15) is 9.59 Å². The van der Waals surface area contributed by atoms with Crippen LogP contribution in [0.25, 0.3) is 0 Å². The molecular formula is C20H34ClNO5. The predicted octanol–water partition coefficient (Wildman–Crippen LogP) is -0.854. The number of cyclic esters (lactones) is 1. The van der Waals surface area contributed by atoms with Gasteiger partial charge in [0.25, 0.3) is 0 Å². The van der Waals surface area contributed by atoms with E-state index in [4.69, 9.17) is 14.2 Å². The van der Waals surface area contributed by atoms with Crippen LogP contribution in [0.4, 0.5) is 0 Å². The van der Waals surface area contributed by atoms with E-state index < -0.39 is 12.2 Å². The fourth-order valence-electron chi connectivity index (χ4n) is 4.47. The lowest BCUT2D eigenvalue weighted by Crippen LogP contribution is -3.00. The lowest BCUT2D eigenvalue weighted by atomic mass is 10.0. The van der Waals surface area contributed by atoms with E-state index in [0.29, 0.717) is 12.8 Å². The molecule has 0 aromatic rings. The summed E-state index contributed by atoms with van der Waals surface area (Å²) in [5.74, 6) is -0.357. The molecular weight excluding hydrogens is 370 g/mol. The van der Waals surface area contributed by atoms with E-state index >= 15 is 0 Å². The minimum Gasteiger partial charge on any atom is -1.00 e. The molecule has 3 N–H and O–H groups in total. The smallest absolute Gasteiger partial charge is 0.365 e. The van der Waals surface area contributed by atoms with Gasteiger partial charge in [0.15, 0.2) is 6.04 Å². The molecule has 2 saturated carbocycles. The first kappa shape index (κ1) is 22.4. The topological polar surface area (TPSA) is 89.5 Å². The number of carbonyl (C=O) groups is 2. The zero-order chi connectivity index (χ0) is 18.5. The fourth-order valence-corrected chi connectivity index (χ4v) is 4.47. The second kappa shape index (κ2) is 10.6. The average molecular weight is 404 g/mol. The molecule has 4 atom stereocenters. The summed E-state index contributed by atoms with van der Waals surface area (Å²) in [6.07, 6.45) is 9.55. The van der Waals surface area contributed by atoms with Crippen molar-refractivity contribution < 1.29 is 41.9 Å². The highest BCUT2D eigenvalue weighted by molar-refractivity contribution is 5.74. The molecule has 156 valence electrons. The van der Waals surface area contributed by atoms with Gasteiger partial charge in [-0.25, -0.2) is 4.79 Å². The molecule has 6 nitrogen and oxygen atoms in total. The molecule has 3 fully saturated rings. The van der Waals surface area contributed by atoms with E-state index in [1.54, 1.807) is 0 Å². The molecule has 1 heterocycles. The lowest BCUT2D eigenvalue weighted by Gasteiger charge is -2.33. The van der Waals surface area contributed by atoms with Crippen LogP contribution >= 0.6 is 0 Å². The second-order valence-electron chi connectivity index (χ2n) is 8.23. The summed E-state index contributed by atoms with van der Waals surface area (Å²) >= 11 is 0. The number of quaternary nitrogens is 1. The van der Waals surface area contributed by atoms with Crippen LogP contribution in [0.2, 0.25) is 0 Å². The van der Waals surface area contributed by atoms with Gasteiger partial charge in [-0.1, -0.05) is 25.7 Å². The monoisotopic (exact) mass is 403 g/mol. The molecule has 0 bridgehead atoms. The minimum absolute atomic E-state index is 0. The highest BCUT2D eigenvalue weighted by Crippen LogP contribution is 2.30. The summed E-state index contributed by atoms with van der Waals surface area (Å²) in [5, 5.41) is 0. The number of hydrogen-bond donors (Lipinski definition) is 1. The van der Waals surface area contributed by atoms with Crippen molar-refractivity contribution in [3.63, 3.8) is 0 Å². The predicted molar refractivity (Wildman–Crippen MR) is 95.0 cm³/mol. The van der Waals surface area contributed by atoms with E-state index in [1.165, 1.54) is 12.8 Å². The molecule has 27 heavy (non-hydrogen) atoms. The van der Waals surface area contributed by atoms with E-state index in [0.717, 1.165) is 44.9 Å². The van der Waals surface area contributed by atoms with E-state index in [1.807, 2.05) is 6.92 Å². The zero-order valence-corrected chi connectivity index (χ0v) is 17.1. The molecule has 2 aliphatic carbocycles. The molecule has 0 unspecified atom stereocenters. The highest BCUT2D eigenvalue weighted by atomic mass is 35.5. The Morgan fingerprint density at radius 1 is 1.00 bits per heavy atom. The Kier molecular flexibility index (Phi) is 8.83. The molecule has 7 heteroatoms. The number of rotatable bonds is 4. The molecule has 0 aromatic heterocycles. The first-order chi connectivity index (χ1) is 12.5. The van der Waals surface area contributed by atoms with Crippen molar-refractivity contribution in [1.82, 2.24) is 0 Å². The summed E-state index contributed by atoms with van der Waals surface area (Å²) in [6, 6.07) is -0.367. The first-order valence-electron chi connectivity index (χ1n) is 10.4. The van der Waals surface area contributed by atoms with Gasteiger partial charge < -0.3 is 32.4 Å². The van der Waals surface area contributed by atoms with Crippen LogP contribution < -0.4 is 18.1 Å². The third-order valence-electron chi connectivity index (χ3n) is 6.11. The fraction of sp³-hybridized carbons (Fsp3) is 0.900. The molecule has 0 aromatic carbocycles. The van der Waals surface area contributed by atoms with Crippen LogP contribution in [0.15, 0.2) is 0 Å². The van der Waals surface area contributed by atoms with Crippen molar-refractivity contribution in [3.05, 3.63) is 0 Å². The second-order valence-corrected chi connectivity index (χ2v) is 8.23. The Bertz CT molecular complexity index is 491. The third kappa shape index (κ3) is 6.06. The summed E-state index contributed by atoms with van der Waals surface area (Å²) < 4.78 is 17.9. The molecule has 3 aliphatic rings. The van der Waals surface area contributed by atoms with Crippen molar-refractivity contribution in [1.29, 1.82) is 0 Å². The Morgan fingerprint density at radius 2 is 1.63 bits per heavy atom. The number of esters is 2. The van der Waals surface area contributed by atoms with Crippen LogP contribution in [0.3, 0.4) is 0 Å². The molecule has 0 radical (unpaired) electrons. The normalized spacial score (nSPS) is 33.5. The number of ether oxygens (including phenoxy) is 3. The maximum Gasteiger partial charge on any atom is 0.365 e. The number of halogens is 1. The lowest BCUT2D eigenvalue weighted by molar-refractivity contribution is -0.410. The van der Waals surface area contributed by atoms with Gasteiger partial charge >= 0.3 is 11.9 Å². The Hall–Kier alpha value is -0.850. The standard InChI is InChI=1S/C20H33NO5.ClH/c1-13-18(25-15-9-4-5-10-15)17(12-6-11-16(21)20(23)24-13)26-19(22)14-7-2-3-8-14;/h13-18H,2-12,21H2,1H3;1H/t13-,16-,17-,18-;/m0./s1. The van der Waals surface area contributed by atoms with Gasteiger partial charge in [0.05, 0.1) is 12.0 Å². The number of hydrogen-bond acceptors (Lipinski definition) is 5. The molecule has 3 rings (SSSR count). The maximum atomic E-state index is 12.6. The van der Waals surface area contributed by atoms with Gasteiger partial charge in [-0.3, -0.25) is 4.79 Å². The molecule has 0 amide bonds. The molecule has 1 aliphatic heterocycles. The van der Waals surface area contributed by atoms with Crippen molar-refractivity contribution >= 4 is 11.9 Å². The van der Waals surface area contributed by atoms with Crippen molar-refractivity contribution in [3.8, 4) is 0 Å². The first-order valence-corrected chi connectivity index (χ1v) is 10.4. The SMILES string of the molecule is C[C@@H]1OC(=O)[C@@H]([NH3+])CCC[C@H](OC(=O)C2CCCC2)[C@H]1OC1CCCC1.[Cl-]. The minimum atomic E-state index is -0.438. The summed E-state index contributed by atoms with van der Waals surface area (Å²) in [6.45, 7) is 1.85. The van der Waals surface area contributed by atoms with Crippen molar-refractivity contribution in [2.75, 3.05) is 0 Å². The Labute approximate surface area is 168 Å². The van der Waals surface area contributed by atoms with E-state index in [2.05, 4.69) is 5.73 Å². The van der Waals surface area contributed by atoms with Crippen LogP contribution in [-0.4, -0.2) is 42.4 Å². The van der Waals surface area contributed by atoms with Crippen molar-refractivity contribution in [2.45, 2.75) is 108 Å². The van der Waals surface area contributed by atoms with Crippen LogP contribution in [0.5, 0.6) is 0 Å². The van der Waals surface area contributed by atoms with Gasteiger partial charge in [0, 0.05) is 6.42 Å². The van der Waals surface area contributed by atoms with Crippen LogP contribution in [0, 0.1) is 5.92 Å². The quantitative estimate of drug-likeness (QED) is 0.617. The average Bonchev–Trinajstić information content (AvgIpc) is 3.31. The molecule has 0 spiro atoms. The Balaban J connectivity index is 0.00000261. The van der Waals surface area contributed by atoms with Crippen LogP contribution in [-0.2, 0) is 23.8 Å². The molecule has 1 saturated heterocycles. The van der Waals surface area contributed by atoms with Gasteiger partial charge in [0.2, 0.25) is 0 Å². The largest absolute Gasteiger partial charge is 1.00 e. The van der Waals surface area contributed by atoms with Gasteiger partial charge in [-0.2, -0.15) is 0 Å². The number of carbonyl (C=O) groups excluding carboxylic acids is 2. The maximum absolute atomic E-state index is 12.6. The van der Waals surface area contributed by atoms with E-state index in [-0.39, 0.29) is 48.5 Å². The summed E-state index contributed by atoms with van der Waals surface area (Å²) in [4.78, 5) is 24.8. The van der Waals surface area contributed by atoms with Gasteiger partial charge in [-0.15, -0.1) is 0 Å². The Morgan fingerprint density at radius 3 is 2.30 bits per heavy atom. The van der Waals surface area contributed by atoms with Crippen LogP contribution in [0.1, 0.15) is 77.6 Å². The van der Waals surface area contributed by atoms with Gasteiger partial charge in [0.1, 0.15) is 18.3 Å².